The number of nitrogens with two attached hydrogens (primary N) is 1. The van der Waals surface area contributed by atoms with E-state index in [1.165, 1.54) is 25.7 Å². The van der Waals surface area contributed by atoms with E-state index >= 15 is 0 Å². The van der Waals surface area contributed by atoms with Gasteiger partial charge in [-0.05, 0) is 43.7 Å². The number of ether oxygens (including phenoxy) is 1. The van der Waals surface area contributed by atoms with E-state index in [4.69, 9.17) is 10.5 Å². The maximum absolute atomic E-state index is 6.09. The van der Waals surface area contributed by atoms with Crippen molar-refractivity contribution in [1.82, 2.24) is 0 Å². The second-order valence-corrected chi connectivity index (χ2v) is 6.04. The number of hydrogen-bond donors (Lipinski definition) is 2. The zero-order chi connectivity index (χ0) is 14.4. The molecule has 3 heteroatoms. The number of para-hydroxylation sites is 2. The first-order valence-corrected chi connectivity index (χ1v) is 7.84. The van der Waals surface area contributed by atoms with Crippen LogP contribution in [-0.4, -0.2) is 19.2 Å². The molecule has 3 nitrogen and oxygen atoms in total. The van der Waals surface area contributed by atoms with Gasteiger partial charge < -0.3 is 15.8 Å². The Morgan fingerprint density at radius 1 is 1.30 bits per heavy atom. The number of benzene rings is 1. The lowest BCUT2D eigenvalue weighted by Gasteiger charge is -2.41. The molecule has 112 valence electrons. The molecule has 3 N–H and O–H groups in total. The molecule has 20 heavy (non-hydrogen) atoms. The summed E-state index contributed by atoms with van der Waals surface area (Å²) in [5, 5.41) is 3.68. The summed E-state index contributed by atoms with van der Waals surface area (Å²) in [7, 11) is 1.72. The summed E-state index contributed by atoms with van der Waals surface area (Å²) in [6.07, 6.45) is 7.54. The van der Waals surface area contributed by atoms with Crippen molar-refractivity contribution in [3.05, 3.63) is 24.3 Å². The highest BCUT2D eigenvalue weighted by atomic mass is 16.5. The minimum Gasteiger partial charge on any atom is -0.495 e. The smallest absolute Gasteiger partial charge is 0.141 e. The molecule has 2 rings (SSSR count). The lowest BCUT2D eigenvalue weighted by Crippen LogP contribution is -2.48. The second kappa shape index (κ2) is 6.98. The minimum atomic E-state index is 0.0406. The van der Waals surface area contributed by atoms with E-state index < -0.39 is 0 Å². The fraction of sp³-hybridized carbons (Fsp3) is 0.647. The second-order valence-electron chi connectivity index (χ2n) is 6.04. The van der Waals surface area contributed by atoms with Crippen LogP contribution in [0.5, 0.6) is 5.75 Å². The van der Waals surface area contributed by atoms with Crippen molar-refractivity contribution in [2.24, 2.45) is 11.7 Å². The Morgan fingerprint density at radius 3 is 2.60 bits per heavy atom. The van der Waals surface area contributed by atoms with Crippen LogP contribution in [-0.2, 0) is 0 Å². The van der Waals surface area contributed by atoms with E-state index in [9.17, 15) is 0 Å². The van der Waals surface area contributed by atoms with Crippen LogP contribution in [0.2, 0.25) is 0 Å². The summed E-state index contributed by atoms with van der Waals surface area (Å²) >= 11 is 0. The van der Waals surface area contributed by atoms with E-state index in [1.54, 1.807) is 7.11 Å². The van der Waals surface area contributed by atoms with Crippen LogP contribution < -0.4 is 15.8 Å². The van der Waals surface area contributed by atoms with Crippen molar-refractivity contribution >= 4 is 5.69 Å². The van der Waals surface area contributed by atoms with E-state index in [2.05, 4.69) is 18.3 Å². The molecule has 0 spiro atoms. The normalized spacial score (nSPS) is 26.2. The Morgan fingerprint density at radius 2 is 2.00 bits per heavy atom. The first-order chi connectivity index (χ1) is 9.73. The van der Waals surface area contributed by atoms with Gasteiger partial charge in [-0.1, -0.05) is 31.9 Å². The summed E-state index contributed by atoms with van der Waals surface area (Å²) < 4.78 is 5.43. The Balaban J connectivity index is 2.05. The van der Waals surface area contributed by atoms with Crippen molar-refractivity contribution in [1.29, 1.82) is 0 Å². The van der Waals surface area contributed by atoms with Crippen LogP contribution in [0.25, 0.3) is 0 Å². The van der Waals surface area contributed by atoms with Gasteiger partial charge in [0, 0.05) is 12.1 Å². The molecule has 0 aliphatic heterocycles. The molecule has 0 aromatic heterocycles. The lowest BCUT2D eigenvalue weighted by atomic mass is 9.75. The SMILES string of the molecule is CCCC1CCC(CN)(Nc2ccccc2OC)CC1. The van der Waals surface area contributed by atoms with Crippen molar-refractivity contribution in [3.63, 3.8) is 0 Å². The van der Waals surface area contributed by atoms with Crippen LogP contribution in [0.1, 0.15) is 45.4 Å². The monoisotopic (exact) mass is 276 g/mol. The standard InChI is InChI=1S/C17H28N2O/c1-3-6-14-9-11-17(13-18,12-10-14)19-15-7-4-5-8-16(15)20-2/h4-5,7-8,14,19H,3,6,9-13,18H2,1-2H3. The van der Waals surface area contributed by atoms with Gasteiger partial charge in [-0.3, -0.25) is 0 Å². The summed E-state index contributed by atoms with van der Waals surface area (Å²) in [4.78, 5) is 0. The van der Waals surface area contributed by atoms with Gasteiger partial charge in [0.15, 0.2) is 0 Å². The van der Waals surface area contributed by atoms with Crippen LogP contribution >= 0.6 is 0 Å². The van der Waals surface area contributed by atoms with Crippen LogP contribution in [0, 0.1) is 5.92 Å². The maximum Gasteiger partial charge on any atom is 0.141 e. The summed E-state index contributed by atoms with van der Waals surface area (Å²) in [5.41, 5.74) is 7.20. The molecule has 1 aliphatic rings. The number of nitrogens with one attached hydrogen (secondary N) is 1. The number of hydrogen-bond acceptors (Lipinski definition) is 3. The quantitative estimate of drug-likeness (QED) is 0.831. The van der Waals surface area contributed by atoms with Gasteiger partial charge >= 0.3 is 0 Å². The van der Waals surface area contributed by atoms with Crippen molar-refractivity contribution in [2.45, 2.75) is 51.0 Å². The molecule has 0 amide bonds. The van der Waals surface area contributed by atoms with Crippen molar-refractivity contribution in [2.75, 3.05) is 19.0 Å². The highest BCUT2D eigenvalue weighted by molar-refractivity contribution is 5.57. The van der Waals surface area contributed by atoms with E-state index in [-0.39, 0.29) is 5.54 Å². The predicted molar refractivity (Wildman–Crippen MR) is 85.3 cm³/mol. The van der Waals surface area contributed by atoms with E-state index in [1.807, 2.05) is 18.2 Å². The molecule has 0 saturated heterocycles. The van der Waals surface area contributed by atoms with Crippen molar-refractivity contribution < 1.29 is 4.74 Å². The van der Waals surface area contributed by atoms with Crippen LogP contribution in [0.3, 0.4) is 0 Å². The highest BCUT2D eigenvalue weighted by Crippen LogP contribution is 2.37. The average molecular weight is 276 g/mol. The third kappa shape index (κ3) is 3.45. The third-order valence-corrected chi connectivity index (χ3v) is 4.66. The molecule has 0 radical (unpaired) electrons. The summed E-state index contributed by atoms with van der Waals surface area (Å²) in [5.74, 6) is 1.79. The largest absolute Gasteiger partial charge is 0.495 e. The summed E-state index contributed by atoms with van der Waals surface area (Å²) in [6, 6.07) is 8.11. The molecule has 1 aromatic carbocycles. The molecular weight excluding hydrogens is 248 g/mol. The topological polar surface area (TPSA) is 47.3 Å². The van der Waals surface area contributed by atoms with Gasteiger partial charge in [0.1, 0.15) is 5.75 Å². The van der Waals surface area contributed by atoms with Crippen LogP contribution in [0.4, 0.5) is 5.69 Å². The Bertz CT molecular complexity index is 411. The first-order valence-electron chi connectivity index (χ1n) is 7.84. The van der Waals surface area contributed by atoms with E-state index in [0.717, 1.165) is 30.2 Å². The molecular formula is C17H28N2O. The zero-order valence-electron chi connectivity index (χ0n) is 12.8. The lowest BCUT2D eigenvalue weighted by molar-refractivity contribution is 0.246. The maximum atomic E-state index is 6.09. The first kappa shape index (κ1) is 15.2. The minimum absolute atomic E-state index is 0.0406. The van der Waals surface area contributed by atoms with Crippen LogP contribution in [0.15, 0.2) is 24.3 Å². The molecule has 0 bridgehead atoms. The molecule has 1 aliphatic carbocycles. The predicted octanol–water partition coefficient (Wildman–Crippen LogP) is 3.79. The number of rotatable bonds is 6. The van der Waals surface area contributed by atoms with Gasteiger partial charge in [-0.15, -0.1) is 0 Å². The molecule has 0 heterocycles. The van der Waals surface area contributed by atoms with Gasteiger partial charge in [-0.2, -0.15) is 0 Å². The molecule has 0 unspecified atom stereocenters. The fourth-order valence-corrected chi connectivity index (χ4v) is 3.34. The number of anilines is 1. The Labute approximate surface area is 122 Å². The molecule has 0 atom stereocenters. The third-order valence-electron chi connectivity index (χ3n) is 4.66. The zero-order valence-corrected chi connectivity index (χ0v) is 12.8. The molecule has 1 aromatic rings. The highest BCUT2D eigenvalue weighted by Gasteiger charge is 2.34. The molecule has 1 fully saturated rings. The van der Waals surface area contributed by atoms with Gasteiger partial charge in [-0.25, -0.2) is 0 Å². The Hall–Kier alpha value is -1.22. The van der Waals surface area contributed by atoms with Gasteiger partial charge in [0.25, 0.3) is 0 Å². The molecule has 1 saturated carbocycles. The fourth-order valence-electron chi connectivity index (χ4n) is 3.34. The van der Waals surface area contributed by atoms with Gasteiger partial charge in [0.05, 0.1) is 12.8 Å². The number of methoxy groups -OCH3 is 1. The summed E-state index contributed by atoms with van der Waals surface area (Å²) in [6.45, 7) is 2.96. The Kier molecular flexibility index (Phi) is 5.30. The van der Waals surface area contributed by atoms with Gasteiger partial charge in [0.2, 0.25) is 0 Å². The van der Waals surface area contributed by atoms with E-state index in [0.29, 0.717) is 6.54 Å². The van der Waals surface area contributed by atoms with Crippen molar-refractivity contribution in [3.8, 4) is 5.75 Å². The average Bonchev–Trinajstić information content (AvgIpc) is 2.50.